The van der Waals surface area contributed by atoms with E-state index in [1.54, 1.807) is 6.07 Å². The van der Waals surface area contributed by atoms with Crippen molar-refractivity contribution in [2.75, 3.05) is 0 Å². The molecular weight excluding hydrogens is 178 g/mol. The van der Waals surface area contributed by atoms with Crippen LogP contribution in [-0.2, 0) is 0 Å². The average Bonchev–Trinajstić information content (AvgIpc) is 2.10. The van der Waals surface area contributed by atoms with Crippen LogP contribution in [0.1, 0.15) is 11.6 Å². The summed E-state index contributed by atoms with van der Waals surface area (Å²) >= 11 is 0. The number of benzene rings is 1. The maximum atomic E-state index is 12.9. The van der Waals surface area contributed by atoms with Crippen molar-refractivity contribution in [2.45, 2.75) is 6.04 Å². The fourth-order valence-corrected chi connectivity index (χ4v) is 0.860. The second-order valence-electron chi connectivity index (χ2n) is 2.43. The van der Waals surface area contributed by atoms with Crippen molar-refractivity contribution < 1.29 is 13.9 Å². The normalized spacial score (nSPS) is 12.2. The third kappa shape index (κ3) is 1.73. The Hall–Kier alpha value is -1.67. The molecule has 0 aromatic heterocycles. The molecule has 0 spiro atoms. The van der Waals surface area contributed by atoms with Gasteiger partial charge in [-0.1, -0.05) is 0 Å². The first-order valence-electron chi connectivity index (χ1n) is 3.39. The summed E-state index contributed by atoms with van der Waals surface area (Å²) in [4.78, 5) is 0. The number of phenolic OH excluding ortho intramolecular Hbond substituents is 1. The Morgan fingerprint density at radius 2 is 2.00 bits per heavy atom. The van der Waals surface area contributed by atoms with Crippen LogP contribution >= 0.6 is 0 Å². The topological polar surface area (TPSA) is 70.0 Å². The fraction of sp³-hybridized carbons (Fsp3) is 0.125. The Labute approximate surface area is 73.0 Å². The largest absolute Gasteiger partial charge is 0.505 e. The van der Waals surface area contributed by atoms with Crippen LogP contribution in [-0.4, -0.2) is 5.11 Å². The van der Waals surface area contributed by atoms with Gasteiger partial charge in [-0.25, -0.2) is 8.78 Å². The van der Waals surface area contributed by atoms with Crippen molar-refractivity contribution in [3.05, 3.63) is 29.3 Å². The van der Waals surface area contributed by atoms with E-state index in [9.17, 15) is 8.78 Å². The summed E-state index contributed by atoms with van der Waals surface area (Å²) in [5.74, 6) is -2.69. The zero-order valence-corrected chi connectivity index (χ0v) is 6.46. The van der Waals surface area contributed by atoms with Crippen LogP contribution in [0.5, 0.6) is 5.75 Å². The van der Waals surface area contributed by atoms with Crippen LogP contribution in [0.15, 0.2) is 12.1 Å². The molecule has 0 fully saturated rings. The third-order valence-corrected chi connectivity index (χ3v) is 1.54. The molecule has 0 bridgehead atoms. The summed E-state index contributed by atoms with van der Waals surface area (Å²) in [6.07, 6.45) is 0. The molecule has 0 aliphatic carbocycles. The van der Waals surface area contributed by atoms with Gasteiger partial charge in [0.25, 0.3) is 0 Å². The van der Waals surface area contributed by atoms with E-state index in [4.69, 9.17) is 16.1 Å². The second-order valence-corrected chi connectivity index (χ2v) is 2.43. The van der Waals surface area contributed by atoms with Crippen LogP contribution < -0.4 is 5.73 Å². The summed E-state index contributed by atoms with van der Waals surface area (Å²) in [6.45, 7) is 0. The van der Waals surface area contributed by atoms with E-state index < -0.39 is 23.4 Å². The van der Waals surface area contributed by atoms with Gasteiger partial charge < -0.3 is 10.8 Å². The molecule has 0 heterocycles. The third-order valence-electron chi connectivity index (χ3n) is 1.54. The summed E-state index contributed by atoms with van der Waals surface area (Å²) in [7, 11) is 0. The van der Waals surface area contributed by atoms with Gasteiger partial charge in [-0.2, -0.15) is 5.26 Å². The Kier molecular flexibility index (Phi) is 2.44. The van der Waals surface area contributed by atoms with Crippen molar-refractivity contribution in [2.24, 2.45) is 5.73 Å². The van der Waals surface area contributed by atoms with Gasteiger partial charge in [0.15, 0.2) is 11.6 Å². The van der Waals surface area contributed by atoms with E-state index in [1.807, 2.05) is 0 Å². The molecule has 1 atom stereocenters. The van der Waals surface area contributed by atoms with Gasteiger partial charge in [-0.05, 0) is 6.07 Å². The molecular formula is C8H6F2N2O. The molecule has 0 aliphatic rings. The Balaban J connectivity index is 3.25. The molecule has 3 N–H and O–H groups in total. The highest BCUT2D eigenvalue weighted by molar-refractivity contribution is 5.33. The van der Waals surface area contributed by atoms with E-state index >= 15 is 0 Å². The molecule has 0 saturated heterocycles. The molecule has 0 unspecified atom stereocenters. The van der Waals surface area contributed by atoms with Gasteiger partial charge in [0.05, 0.1) is 6.07 Å². The van der Waals surface area contributed by atoms with Crippen LogP contribution in [0.4, 0.5) is 8.78 Å². The molecule has 0 aliphatic heterocycles. The van der Waals surface area contributed by atoms with Crippen molar-refractivity contribution in [3.8, 4) is 11.8 Å². The van der Waals surface area contributed by atoms with Crippen molar-refractivity contribution in [3.63, 3.8) is 0 Å². The summed E-state index contributed by atoms with van der Waals surface area (Å²) in [5, 5.41) is 17.1. The lowest BCUT2D eigenvalue weighted by atomic mass is 10.1. The number of nitriles is 1. The number of rotatable bonds is 1. The van der Waals surface area contributed by atoms with Gasteiger partial charge in [-0.15, -0.1) is 0 Å². The zero-order chi connectivity index (χ0) is 10.0. The number of aromatic hydroxyl groups is 1. The molecule has 1 aromatic rings. The Morgan fingerprint density at radius 1 is 1.38 bits per heavy atom. The van der Waals surface area contributed by atoms with E-state index in [0.29, 0.717) is 12.1 Å². The molecule has 0 amide bonds. The predicted molar refractivity (Wildman–Crippen MR) is 40.6 cm³/mol. The molecule has 68 valence electrons. The highest BCUT2D eigenvalue weighted by atomic mass is 19.1. The van der Waals surface area contributed by atoms with Gasteiger partial charge in [0.1, 0.15) is 11.9 Å². The van der Waals surface area contributed by atoms with Crippen molar-refractivity contribution in [1.82, 2.24) is 0 Å². The predicted octanol–water partition coefficient (Wildman–Crippen LogP) is 1.19. The smallest absolute Gasteiger partial charge is 0.165 e. The molecule has 3 nitrogen and oxygen atoms in total. The standard InChI is InChI=1S/C8H6F2N2O/c9-5-2-8(13)6(10)1-4(5)7(12)3-11/h1-2,7,13H,12H2/t7-/m1/s1. The maximum absolute atomic E-state index is 12.9. The lowest BCUT2D eigenvalue weighted by Crippen LogP contribution is -2.09. The van der Waals surface area contributed by atoms with E-state index in [-0.39, 0.29) is 5.56 Å². The van der Waals surface area contributed by atoms with Gasteiger partial charge in [0, 0.05) is 11.6 Å². The van der Waals surface area contributed by atoms with E-state index in [2.05, 4.69) is 0 Å². The minimum atomic E-state index is -1.23. The molecule has 0 radical (unpaired) electrons. The van der Waals surface area contributed by atoms with Crippen LogP contribution in [0.2, 0.25) is 0 Å². The van der Waals surface area contributed by atoms with Crippen molar-refractivity contribution >= 4 is 0 Å². The first kappa shape index (κ1) is 9.42. The monoisotopic (exact) mass is 184 g/mol. The molecule has 5 heteroatoms. The highest BCUT2D eigenvalue weighted by Gasteiger charge is 2.14. The van der Waals surface area contributed by atoms with Crippen LogP contribution in [0.3, 0.4) is 0 Å². The quantitative estimate of drug-likeness (QED) is 0.688. The number of halogens is 2. The van der Waals surface area contributed by atoms with Gasteiger partial charge >= 0.3 is 0 Å². The Morgan fingerprint density at radius 3 is 2.54 bits per heavy atom. The molecule has 13 heavy (non-hydrogen) atoms. The Bertz CT molecular complexity index is 373. The van der Waals surface area contributed by atoms with E-state index in [1.165, 1.54) is 0 Å². The highest BCUT2D eigenvalue weighted by Crippen LogP contribution is 2.23. The van der Waals surface area contributed by atoms with Crippen LogP contribution in [0, 0.1) is 23.0 Å². The number of nitrogens with zero attached hydrogens (tertiary/aromatic N) is 1. The SMILES string of the molecule is N#C[C@@H](N)c1cc(F)c(O)cc1F. The number of hydrogen-bond acceptors (Lipinski definition) is 3. The minimum Gasteiger partial charge on any atom is -0.505 e. The zero-order valence-electron chi connectivity index (χ0n) is 6.46. The summed E-state index contributed by atoms with van der Waals surface area (Å²) in [6, 6.07) is 1.62. The lowest BCUT2D eigenvalue weighted by molar-refractivity contribution is 0.424. The van der Waals surface area contributed by atoms with E-state index in [0.717, 1.165) is 0 Å². The molecule has 0 saturated carbocycles. The van der Waals surface area contributed by atoms with Gasteiger partial charge in [0.2, 0.25) is 0 Å². The molecule has 1 aromatic carbocycles. The summed E-state index contributed by atoms with van der Waals surface area (Å²) < 4.78 is 25.6. The van der Waals surface area contributed by atoms with Crippen molar-refractivity contribution in [1.29, 1.82) is 5.26 Å². The second kappa shape index (κ2) is 3.37. The fourth-order valence-electron chi connectivity index (χ4n) is 0.860. The van der Waals surface area contributed by atoms with Gasteiger partial charge in [-0.3, -0.25) is 0 Å². The maximum Gasteiger partial charge on any atom is 0.165 e. The average molecular weight is 184 g/mol. The number of phenols is 1. The summed E-state index contributed by atoms with van der Waals surface area (Å²) in [5.41, 5.74) is 4.90. The van der Waals surface area contributed by atoms with Crippen LogP contribution in [0.25, 0.3) is 0 Å². The first-order chi connectivity index (χ1) is 6.06. The first-order valence-corrected chi connectivity index (χ1v) is 3.39. The lowest BCUT2D eigenvalue weighted by Gasteiger charge is -2.05. The number of hydrogen-bond donors (Lipinski definition) is 2. The number of nitrogens with two attached hydrogens (primary N) is 1. The molecule has 1 rings (SSSR count). The minimum absolute atomic E-state index is 0.266.